The van der Waals surface area contributed by atoms with Gasteiger partial charge in [0, 0.05) is 18.2 Å². The minimum absolute atomic E-state index is 0.114. The molecular formula is C13H15ClFNO. The smallest absolute Gasteiger partial charge is 0.240 e. The van der Waals surface area contributed by atoms with Crippen LogP contribution in [0, 0.1) is 5.82 Å². The van der Waals surface area contributed by atoms with Crippen molar-refractivity contribution in [3.05, 3.63) is 35.6 Å². The number of rotatable bonds is 4. The highest BCUT2D eigenvalue weighted by Gasteiger charge is 2.34. The third kappa shape index (κ3) is 2.97. The topological polar surface area (TPSA) is 20.3 Å². The van der Waals surface area contributed by atoms with Gasteiger partial charge in [-0.2, -0.15) is 0 Å². The quantitative estimate of drug-likeness (QED) is 0.758. The van der Waals surface area contributed by atoms with E-state index in [0.717, 1.165) is 12.8 Å². The number of hydrogen-bond acceptors (Lipinski definition) is 1. The SMILES string of the molecule is CC(Cl)C(=O)N(Cc1ccccc1F)C1CC1. The fourth-order valence-electron chi connectivity index (χ4n) is 1.81. The molecule has 1 unspecified atom stereocenters. The summed E-state index contributed by atoms with van der Waals surface area (Å²) in [7, 11) is 0. The molecule has 1 aromatic carbocycles. The summed E-state index contributed by atoms with van der Waals surface area (Å²) >= 11 is 5.82. The predicted molar refractivity (Wildman–Crippen MR) is 65.3 cm³/mol. The lowest BCUT2D eigenvalue weighted by Gasteiger charge is -2.24. The summed E-state index contributed by atoms with van der Waals surface area (Å²) in [5.74, 6) is -0.384. The summed E-state index contributed by atoms with van der Waals surface area (Å²) in [6, 6.07) is 6.78. The van der Waals surface area contributed by atoms with E-state index >= 15 is 0 Å². The number of benzene rings is 1. The minimum Gasteiger partial charge on any atom is -0.334 e. The fraction of sp³-hybridized carbons (Fsp3) is 0.462. The molecule has 1 saturated carbocycles. The van der Waals surface area contributed by atoms with Gasteiger partial charge >= 0.3 is 0 Å². The summed E-state index contributed by atoms with van der Waals surface area (Å²) in [4.78, 5) is 13.6. The monoisotopic (exact) mass is 255 g/mol. The first-order chi connectivity index (χ1) is 8.09. The summed E-state index contributed by atoms with van der Waals surface area (Å²) in [6.07, 6.45) is 1.98. The zero-order chi connectivity index (χ0) is 12.4. The first-order valence-corrected chi connectivity index (χ1v) is 6.21. The maximum absolute atomic E-state index is 13.5. The Morgan fingerprint density at radius 3 is 2.71 bits per heavy atom. The van der Waals surface area contributed by atoms with Gasteiger partial charge in [0.2, 0.25) is 5.91 Å². The minimum atomic E-state index is -0.553. The standard InChI is InChI=1S/C13H15ClFNO/c1-9(14)13(17)16(11-6-7-11)8-10-4-2-3-5-12(10)15/h2-5,9,11H,6-8H2,1H3. The molecule has 0 heterocycles. The van der Waals surface area contributed by atoms with E-state index in [1.54, 1.807) is 30.0 Å². The second-order valence-corrected chi connectivity index (χ2v) is 5.06. The molecule has 1 atom stereocenters. The van der Waals surface area contributed by atoms with Crippen molar-refractivity contribution in [2.24, 2.45) is 0 Å². The number of nitrogens with zero attached hydrogens (tertiary/aromatic N) is 1. The second kappa shape index (κ2) is 5.05. The number of carbonyl (C=O) groups is 1. The van der Waals surface area contributed by atoms with Crippen LogP contribution in [0.2, 0.25) is 0 Å². The number of amides is 1. The molecule has 2 nitrogen and oxygen atoms in total. The molecule has 92 valence electrons. The van der Waals surface area contributed by atoms with Gasteiger partial charge in [-0.25, -0.2) is 4.39 Å². The number of alkyl halides is 1. The summed E-state index contributed by atoms with van der Waals surface area (Å²) in [5, 5.41) is -0.553. The van der Waals surface area contributed by atoms with Crippen LogP contribution >= 0.6 is 11.6 Å². The van der Waals surface area contributed by atoms with Gasteiger partial charge in [-0.3, -0.25) is 4.79 Å². The van der Waals surface area contributed by atoms with E-state index in [0.29, 0.717) is 12.1 Å². The Balaban J connectivity index is 2.13. The lowest BCUT2D eigenvalue weighted by Crippen LogP contribution is -2.37. The molecule has 1 fully saturated rings. The number of halogens is 2. The van der Waals surface area contributed by atoms with E-state index < -0.39 is 5.38 Å². The average Bonchev–Trinajstić information content (AvgIpc) is 3.11. The van der Waals surface area contributed by atoms with Gasteiger partial charge in [0.15, 0.2) is 0 Å². The molecule has 4 heteroatoms. The van der Waals surface area contributed by atoms with Crippen molar-refractivity contribution in [1.82, 2.24) is 4.90 Å². The molecular weight excluding hydrogens is 241 g/mol. The van der Waals surface area contributed by atoms with E-state index in [2.05, 4.69) is 0 Å². The maximum atomic E-state index is 13.5. The zero-order valence-corrected chi connectivity index (χ0v) is 10.5. The highest BCUT2D eigenvalue weighted by atomic mass is 35.5. The van der Waals surface area contributed by atoms with Crippen molar-refractivity contribution in [2.75, 3.05) is 0 Å². The van der Waals surface area contributed by atoms with Crippen molar-refractivity contribution >= 4 is 17.5 Å². The Morgan fingerprint density at radius 2 is 2.18 bits per heavy atom. The molecule has 1 aromatic rings. The fourth-order valence-corrected chi connectivity index (χ4v) is 1.94. The molecule has 0 aliphatic heterocycles. The Labute approximate surface area is 105 Å². The molecule has 0 radical (unpaired) electrons. The Morgan fingerprint density at radius 1 is 1.53 bits per heavy atom. The van der Waals surface area contributed by atoms with Crippen LogP contribution in [0.25, 0.3) is 0 Å². The molecule has 0 saturated heterocycles. The molecule has 0 aromatic heterocycles. The molecule has 0 bridgehead atoms. The van der Waals surface area contributed by atoms with Crippen molar-refractivity contribution < 1.29 is 9.18 Å². The highest BCUT2D eigenvalue weighted by molar-refractivity contribution is 6.30. The van der Waals surface area contributed by atoms with E-state index in [-0.39, 0.29) is 17.8 Å². The third-order valence-corrected chi connectivity index (χ3v) is 3.10. The van der Waals surface area contributed by atoms with Crippen LogP contribution in [0.1, 0.15) is 25.3 Å². The molecule has 0 spiro atoms. The van der Waals surface area contributed by atoms with Gasteiger partial charge in [0.05, 0.1) is 0 Å². The third-order valence-electron chi connectivity index (χ3n) is 2.91. The van der Waals surface area contributed by atoms with Crippen LogP contribution in [0.15, 0.2) is 24.3 Å². The van der Waals surface area contributed by atoms with E-state index in [9.17, 15) is 9.18 Å². The predicted octanol–water partition coefficient (Wildman–Crippen LogP) is 2.94. The number of hydrogen-bond donors (Lipinski definition) is 0. The van der Waals surface area contributed by atoms with E-state index in [1.165, 1.54) is 6.07 Å². The van der Waals surface area contributed by atoms with Crippen molar-refractivity contribution in [3.8, 4) is 0 Å². The Kier molecular flexibility index (Phi) is 3.67. The van der Waals surface area contributed by atoms with Gasteiger partial charge in [-0.15, -0.1) is 11.6 Å². The number of carbonyl (C=O) groups excluding carboxylic acids is 1. The maximum Gasteiger partial charge on any atom is 0.240 e. The van der Waals surface area contributed by atoms with Gasteiger partial charge in [0.1, 0.15) is 11.2 Å². The first kappa shape index (κ1) is 12.4. The normalized spacial score (nSPS) is 16.6. The summed E-state index contributed by atoms with van der Waals surface area (Å²) < 4.78 is 13.5. The van der Waals surface area contributed by atoms with Crippen LogP contribution in [0.3, 0.4) is 0 Å². The van der Waals surface area contributed by atoms with Crippen LogP contribution in [0.5, 0.6) is 0 Å². The summed E-state index contributed by atoms with van der Waals surface area (Å²) in [5.41, 5.74) is 0.546. The molecule has 17 heavy (non-hydrogen) atoms. The second-order valence-electron chi connectivity index (χ2n) is 4.40. The van der Waals surface area contributed by atoms with Crippen LogP contribution < -0.4 is 0 Å². The molecule has 1 aliphatic carbocycles. The lowest BCUT2D eigenvalue weighted by atomic mass is 10.2. The van der Waals surface area contributed by atoms with Crippen molar-refractivity contribution in [1.29, 1.82) is 0 Å². The largest absolute Gasteiger partial charge is 0.334 e. The van der Waals surface area contributed by atoms with Crippen molar-refractivity contribution in [2.45, 2.75) is 37.7 Å². The van der Waals surface area contributed by atoms with Gasteiger partial charge < -0.3 is 4.90 Å². The summed E-state index contributed by atoms with van der Waals surface area (Å²) in [6.45, 7) is 1.97. The molecule has 2 rings (SSSR count). The van der Waals surface area contributed by atoms with Gasteiger partial charge in [-0.1, -0.05) is 18.2 Å². The van der Waals surface area contributed by atoms with E-state index in [4.69, 9.17) is 11.6 Å². The van der Waals surface area contributed by atoms with Crippen LogP contribution in [-0.2, 0) is 11.3 Å². The van der Waals surface area contributed by atoms with E-state index in [1.807, 2.05) is 0 Å². The Hall–Kier alpha value is -1.09. The van der Waals surface area contributed by atoms with Gasteiger partial charge in [0.25, 0.3) is 0 Å². The zero-order valence-electron chi connectivity index (χ0n) is 9.70. The van der Waals surface area contributed by atoms with Gasteiger partial charge in [-0.05, 0) is 25.8 Å². The highest BCUT2D eigenvalue weighted by Crippen LogP contribution is 2.29. The average molecular weight is 256 g/mol. The van der Waals surface area contributed by atoms with Crippen LogP contribution in [-0.4, -0.2) is 22.2 Å². The lowest BCUT2D eigenvalue weighted by molar-refractivity contribution is -0.131. The van der Waals surface area contributed by atoms with Crippen molar-refractivity contribution in [3.63, 3.8) is 0 Å². The van der Waals surface area contributed by atoms with Crippen LogP contribution in [0.4, 0.5) is 4.39 Å². The first-order valence-electron chi connectivity index (χ1n) is 5.77. The Bertz CT molecular complexity index is 418. The molecule has 1 aliphatic rings. The molecule has 0 N–H and O–H groups in total. The molecule has 1 amide bonds.